The predicted octanol–water partition coefficient (Wildman–Crippen LogP) is 1.92. The molecule has 0 spiro atoms. The topological polar surface area (TPSA) is 116 Å². The van der Waals surface area contributed by atoms with E-state index in [1.807, 2.05) is 0 Å². The Morgan fingerprint density at radius 1 is 1.07 bits per heavy atom. The lowest BCUT2D eigenvalue weighted by molar-refractivity contribution is 0.102. The van der Waals surface area contributed by atoms with Crippen molar-refractivity contribution in [2.24, 2.45) is 0 Å². The molecule has 0 aliphatic carbocycles. The molecule has 1 unspecified atom stereocenters. The lowest BCUT2D eigenvalue weighted by atomic mass is 10.2. The molecule has 1 amide bonds. The van der Waals surface area contributed by atoms with Crippen molar-refractivity contribution in [3.05, 3.63) is 48.0 Å². The monoisotopic (exact) mass is 439 g/mol. The molecule has 1 atom stereocenters. The van der Waals surface area contributed by atoms with Crippen LogP contribution in [0.1, 0.15) is 16.8 Å². The van der Waals surface area contributed by atoms with E-state index in [-0.39, 0.29) is 28.4 Å². The molecule has 10 heteroatoms. The molecule has 1 saturated heterocycles. The average molecular weight is 440 g/mol. The van der Waals surface area contributed by atoms with Gasteiger partial charge in [-0.15, -0.1) is 0 Å². The third-order valence-corrected chi connectivity index (χ3v) is 8.92. The maximum atomic E-state index is 12.7. The first-order valence-electron chi connectivity index (χ1n) is 8.74. The molecule has 3 rings (SSSR count). The average Bonchev–Trinajstić information content (AvgIpc) is 3.08. The Bertz CT molecular complexity index is 1120. The molecule has 2 aromatic rings. The minimum absolute atomic E-state index is 0.00453. The summed E-state index contributed by atoms with van der Waals surface area (Å²) in [4.78, 5) is 12.5. The van der Waals surface area contributed by atoms with Crippen molar-refractivity contribution in [3.63, 3.8) is 0 Å². The Morgan fingerprint density at radius 3 is 2.31 bits per heavy atom. The fourth-order valence-corrected chi connectivity index (χ4v) is 7.46. The Kier molecular flexibility index (Phi) is 5.85. The summed E-state index contributed by atoms with van der Waals surface area (Å²) in [6.07, 6.45) is 0.0859. The maximum Gasteiger partial charge on any atom is 0.255 e. The molecular formula is C19H21NO7S2. The highest BCUT2D eigenvalue weighted by atomic mass is 32.2. The fraction of sp³-hybridized carbons (Fsp3) is 0.316. The number of carbonyl (C=O) groups excluding carboxylic acids is 1. The Morgan fingerprint density at radius 2 is 1.76 bits per heavy atom. The van der Waals surface area contributed by atoms with Gasteiger partial charge in [0.05, 0.1) is 41.6 Å². The second kappa shape index (κ2) is 8.03. The van der Waals surface area contributed by atoms with E-state index in [1.54, 1.807) is 18.2 Å². The zero-order valence-electron chi connectivity index (χ0n) is 15.9. The Labute approximate surface area is 169 Å². The van der Waals surface area contributed by atoms with Gasteiger partial charge in [0.15, 0.2) is 19.7 Å². The summed E-state index contributed by atoms with van der Waals surface area (Å²) in [7, 11) is -4.12. The summed E-state index contributed by atoms with van der Waals surface area (Å²) in [6, 6.07) is 10.4. The zero-order valence-corrected chi connectivity index (χ0v) is 17.5. The van der Waals surface area contributed by atoms with Gasteiger partial charge in [0.2, 0.25) is 0 Å². The van der Waals surface area contributed by atoms with Gasteiger partial charge in [-0.05, 0) is 42.8 Å². The molecule has 1 N–H and O–H groups in total. The molecule has 1 fully saturated rings. The van der Waals surface area contributed by atoms with Crippen LogP contribution in [0.4, 0.5) is 5.69 Å². The van der Waals surface area contributed by atoms with Crippen LogP contribution >= 0.6 is 0 Å². The van der Waals surface area contributed by atoms with Crippen LogP contribution in [-0.4, -0.2) is 53.7 Å². The summed E-state index contributed by atoms with van der Waals surface area (Å²) in [5, 5.41) is 1.75. The van der Waals surface area contributed by atoms with Crippen molar-refractivity contribution in [1.82, 2.24) is 0 Å². The van der Waals surface area contributed by atoms with Crippen LogP contribution < -0.4 is 14.8 Å². The standard InChI is InChI=1S/C19H21NO7S2/c1-26-14-5-8-18(27-2)17(11-14)20-19(21)13-3-6-15(7-4-13)29(24,25)16-9-10-28(22,23)12-16/h3-8,11,16H,9-10,12H2,1-2H3,(H,20,21). The van der Waals surface area contributed by atoms with Crippen LogP contribution in [0.2, 0.25) is 0 Å². The highest BCUT2D eigenvalue weighted by Crippen LogP contribution is 2.30. The molecule has 2 aromatic carbocycles. The summed E-state index contributed by atoms with van der Waals surface area (Å²) in [5.41, 5.74) is 0.651. The number of hydrogen-bond donors (Lipinski definition) is 1. The Balaban J connectivity index is 1.79. The molecule has 1 aliphatic heterocycles. The van der Waals surface area contributed by atoms with Gasteiger partial charge in [-0.2, -0.15) is 0 Å². The first-order valence-corrected chi connectivity index (χ1v) is 12.1. The molecule has 0 bridgehead atoms. The van der Waals surface area contributed by atoms with E-state index < -0.39 is 30.8 Å². The summed E-state index contributed by atoms with van der Waals surface area (Å²) < 4.78 is 58.9. The van der Waals surface area contributed by atoms with Crippen LogP contribution in [0.25, 0.3) is 0 Å². The van der Waals surface area contributed by atoms with E-state index >= 15 is 0 Å². The number of sulfone groups is 2. The van der Waals surface area contributed by atoms with E-state index in [4.69, 9.17) is 9.47 Å². The molecule has 156 valence electrons. The molecule has 0 aromatic heterocycles. The SMILES string of the molecule is COc1ccc(OC)c(NC(=O)c2ccc(S(=O)(=O)C3CCS(=O)(=O)C3)cc2)c1. The molecule has 0 saturated carbocycles. The fourth-order valence-electron chi connectivity index (χ4n) is 3.10. The van der Waals surface area contributed by atoms with Crippen LogP contribution in [0, 0.1) is 0 Å². The van der Waals surface area contributed by atoms with Gasteiger partial charge in [0, 0.05) is 11.6 Å². The number of carbonyl (C=O) groups is 1. The quantitative estimate of drug-likeness (QED) is 0.731. The number of amides is 1. The van der Waals surface area contributed by atoms with Gasteiger partial charge >= 0.3 is 0 Å². The van der Waals surface area contributed by atoms with Crippen molar-refractivity contribution in [1.29, 1.82) is 0 Å². The van der Waals surface area contributed by atoms with E-state index in [0.29, 0.717) is 17.2 Å². The number of benzene rings is 2. The van der Waals surface area contributed by atoms with Gasteiger partial charge in [0.25, 0.3) is 5.91 Å². The van der Waals surface area contributed by atoms with Crippen molar-refractivity contribution in [2.45, 2.75) is 16.6 Å². The second-order valence-corrected chi connectivity index (χ2v) is 11.1. The molecule has 0 radical (unpaired) electrons. The maximum absolute atomic E-state index is 12.7. The lowest BCUT2D eigenvalue weighted by Crippen LogP contribution is -2.23. The summed E-state index contributed by atoms with van der Waals surface area (Å²) >= 11 is 0. The van der Waals surface area contributed by atoms with Crippen LogP contribution in [0.5, 0.6) is 11.5 Å². The number of methoxy groups -OCH3 is 2. The largest absolute Gasteiger partial charge is 0.497 e. The van der Waals surface area contributed by atoms with E-state index in [1.165, 1.54) is 38.5 Å². The third kappa shape index (κ3) is 4.54. The van der Waals surface area contributed by atoms with E-state index in [0.717, 1.165) is 0 Å². The number of rotatable bonds is 6. The van der Waals surface area contributed by atoms with Crippen molar-refractivity contribution in [3.8, 4) is 11.5 Å². The van der Waals surface area contributed by atoms with E-state index in [2.05, 4.69) is 5.32 Å². The number of hydrogen-bond acceptors (Lipinski definition) is 7. The van der Waals surface area contributed by atoms with Crippen LogP contribution in [-0.2, 0) is 19.7 Å². The molecule has 1 aliphatic rings. The summed E-state index contributed by atoms with van der Waals surface area (Å²) in [6.45, 7) is 0. The van der Waals surface area contributed by atoms with Crippen molar-refractivity contribution in [2.75, 3.05) is 31.0 Å². The number of anilines is 1. The lowest BCUT2D eigenvalue weighted by Gasteiger charge is -2.13. The minimum Gasteiger partial charge on any atom is -0.497 e. The smallest absolute Gasteiger partial charge is 0.255 e. The van der Waals surface area contributed by atoms with Gasteiger partial charge in [0.1, 0.15) is 11.5 Å². The normalized spacial score (nSPS) is 18.2. The van der Waals surface area contributed by atoms with Gasteiger partial charge in [-0.3, -0.25) is 4.79 Å². The third-order valence-electron chi connectivity index (χ3n) is 4.73. The van der Waals surface area contributed by atoms with Gasteiger partial charge in [-0.25, -0.2) is 16.8 Å². The zero-order chi connectivity index (χ0) is 21.2. The molecular weight excluding hydrogens is 418 g/mol. The van der Waals surface area contributed by atoms with Gasteiger partial charge in [-0.1, -0.05) is 0 Å². The molecule has 8 nitrogen and oxygen atoms in total. The van der Waals surface area contributed by atoms with Crippen molar-refractivity contribution >= 4 is 31.3 Å². The minimum atomic E-state index is -3.78. The predicted molar refractivity (Wildman–Crippen MR) is 108 cm³/mol. The number of ether oxygens (including phenoxy) is 2. The van der Waals surface area contributed by atoms with Crippen LogP contribution in [0.15, 0.2) is 47.4 Å². The first kappa shape index (κ1) is 21.1. The highest BCUT2D eigenvalue weighted by Gasteiger charge is 2.38. The molecule has 29 heavy (non-hydrogen) atoms. The van der Waals surface area contributed by atoms with E-state index in [9.17, 15) is 21.6 Å². The Hall–Kier alpha value is -2.59. The number of nitrogens with one attached hydrogen (secondary N) is 1. The summed E-state index contributed by atoms with van der Waals surface area (Å²) in [5.74, 6) is 0.0336. The van der Waals surface area contributed by atoms with Gasteiger partial charge < -0.3 is 14.8 Å². The van der Waals surface area contributed by atoms with Crippen molar-refractivity contribution < 1.29 is 31.1 Å². The van der Waals surface area contributed by atoms with Crippen LogP contribution in [0.3, 0.4) is 0 Å². The first-order chi connectivity index (χ1) is 13.7. The molecule has 1 heterocycles. The highest BCUT2D eigenvalue weighted by molar-refractivity contribution is 7.96. The second-order valence-electron chi connectivity index (χ2n) is 6.61.